The van der Waals surface area contributed by atoms with Crippen molar-refractivity contribution in [1.29, 1.82) is 0 Å². The van der Waals surface area contributed by atoms with Crippen LogP contribution in [0.2, 0.25) is 0 Å². The summed E-state index contributed by atoms with van der Waals surface area (Å²) in [4.78, 5) is 86.5. The lowest BCUT2D eigenvalue weighted by Gasteiger charge is -2.30. The second kappa shape index (κ2) is 33.2. The molecule has 0 aromatic heterocycles. The van der Waals surface area contributed by atoms with Crippen LogP contribution in [0, 0.1) is 35.5 Å². The highest BCUT2D eigenvalue weighted by molar-refractivity contribution is 5.92. The van der Waals surface area contributed by atoms with E-state index in [1.165, 1.54) is 0 Å². The third-order valence-electron chi connectivity index (χ3n) is 10.3. The van der Waals surface area contributed by atoms with Gasteiger partial charge in [0.05, 0.1) is 24.2 Å². The highest BCUT2D eigenvalue weighted by atomic mass is 16.6. The number of carbonyl (C=O) groups excluding carboxylic acids is 7. The molecule has 0 saturated carbocycles. The van der Waals surface area contributed by atoms with Crippen molar-refractivity contribution in [3.63, 3.8) is 0 Å². The normalized spacial score (nSPS) is 14.4. The Balaban J connectivity index is 0.000000680. The summed E-state index contributed by atoms with van der Waals surface area (Å²) in [7, 11) is 0. The first-order valence-electron chi connectivity index (χ1n) is 24.2. The summed E-state index contributed by atoms with van der Waals surface area (Å²) in [6.07, 6.45) is 1.72. The monoisotopic (exact) mass is 953 g/mol. The van der Waals surface area contributed by atoms with Crippen molar-refractivity contribution >= 4 is 42.5 Å². The molecule has 0 fully saturated rings. The SMILES string of the molecule is CC(C)C[C@@H](C=O)NC(=O)[C@H](CC(C)C)NC(=O)[C@H](CC(C)C)NC(=O)OCc1ccccc1.CC(C)C[C@@H](C=O)NC(=O)[C@H](CC(C)C)NC(O)[C@H](CC(C)C)NC(=O)OCc1ccccc1. The Morgan fingerprint density at radius 3 is 1.18 bits per heavy atom. The van der Waals surface area contributed by atoms with Crippen molar-refractivity contribution in [3.05, 3.63) is 71.8 Å². The maximum atomic E-state index is 13.1. The molecule has 0 aliphatic rings. The summed E-state index contributed by atoms with van der Waals surface area (Å²) in [5.74, 6) is -0.139. The van der Waals surface area contributed by atoms with E-state index in [0.29, 0.717) is 38.5 Å². The van der Waals surface area contributed by atoms with Crippen LogP contribution in [-0.2, 0) is 46.7 Å². The molecule has 7 atom stereocenters. The number of hydrogen-bond donors (Lipinski definition) is 7. The molecule has 2 aromatic carbocycles. The van der Waals surface area contributed by atoms with Crippen LogP contribution in [0.5, 0.6) is 0 Å². The van der Waals surface area contributed by atoms with E-state index in [1.807, 2.05) is 144 Å². The van der Waals surface area contributed by atoms with Gasteiger partial charge in [0.25, 0.3) is 0 Å². The summed E-state index contributed by atoms with van der Waals surface area (Å²) in [5.41, 5.74) is 1.69. The third-order valence-corrected chi connectivity index (χ3v) is 10.3. The van der Waals surface area contributed by atoms with E-state index in [2.05, 4.69) is 31.9 Å². The summed E-state index contributed by atoms with van der Waals surface area (Å²) in [6, 6.07) is 14.3. The molecular formula is C52H84N6O10. The van der Waals surface area contributed by atoms with E-state index in [9.17, 15) is 38.7 Å². The molecule has 1 unspecified atom stereocenters. The molecule has 382 valence electrons. The van der Waals surface area contributed by atoms with E-state index in [-0.39, 0.29) is 54.6 Å². The van der Waals surface area contributed by atoms with Gasteiger partial charge in [0.2, 0.25) is 17.7 Å². The lowest BCUT2D eigenvalue weighted by Crippen LogP contribution is -2.58. The number of alkyl carbamates (subject to hydrolysis) is 2. The molecule has 0 bridgehead atoms. The van der Waals surface area contributed by atoms with Crippen molar-refractivity contribution in [2.75, 3.05) is 0 Å². The minimum absolute atomic E-state index is 0.0873. The molecule has 5 amide bonds. The van der Waals surface area contributed by atoms with Crippen LogP contribution < -0.4 is 31.9 Å². The molecule has 0 saturated heterocycles. The van der Waals surface area contributed by atoms with E-state index < -0.39 is 66.5 Å². The molecule has 2 rings (SSSR count). The van der Waals surface area contributed by atoms with Gasteiger partial charge in [-0.1, -0.05) is 144 Å². The average molecular weight is 953 g/mol. The Kier molecular flexibility index (Phi) is 29.6. The van der Waals surface area contributed by atoms with Gasteiger partial charge in [0.15, 0.2) is 0 Å². The standard InChI is InChI=1S/C26H43N3O5.C26H41N3O5/c2*1-17(2)12-21(15-30)27-24(31)22(13-18(3)4)28-25(32)23(14-19(5)6)29-26(33)34-16-20-10-8-7-9-11-20/h7-11,15,17-19,21-23,25,28,32H,12-14,16H2,1-6H3,(H,27,31)(H,29,33);7-11,15,17-19,21-23H,12-14,16H2,1-6H3,(H,27,31)(H,28,32)(H,29,33)/t21-,22-,23-,25?;21-,22-,23-/m00/s1. The number of nitrogens with one attached hydrogen (secondary N) is 6. The van der Waals surface area contributed by atoms with Crippen molar-refractivity contribution in [2.45, 2.75) is 177 Å². The number of rotatable bonds is 29. The van der Waals surface area contributed by atoms with Gasteiger partial charge in [-0.3, -0.25) is 19.7 Å². The highest BCUT2D eigenvalue weighted by Crippen LogP contribution is 2.14. The third kappa shape index (κ3) is 27.5. The summed E-state index contributed by atoms with van der Waals surface area (Å²) in [5, 5.41) is 27.6. The molecule has 16 heteroatoms. The topological polar surface area (TPSA) is 230 Å². The Morgan fingerprint density at radius 2 is 0.794 bits per heavy atom. The smallest absolute Gasteiger partial charge is 0.408 e. The molecule has 68 heavy (non-hydrogen) atoms. The Hall–Kier alpha value is -5.35. The summed E-state index contributed by atoms with van der Waals surface area (Å²) >= 11 is 0. The molecular weight excluding hydrogens is 869 g/mol. The van der Waals surface area contributed by atoms with E-state index >= 15 is 0 Å². The number of aldehydes is 2. The molecule has 16 nitrogen and oxygen atoms in total. The predicted octanol–water partition coefficient (Wildman–Crippen LogP) is 6.97. The molecule has 0 aliphatic carbocycles. The number of carbonyl (C=O) groups is 7. The van der Waals surface area contributed by atoms with Crippen LogP contribution in [0.25, 0.3) is 0 Å². The largest absolute Gasteiger partial charge is 0.445 e. The lowest BCUT2D eigenvalue weighted by molar-refractivity contribution is -0.131. The van der Waals surface area contributed by atoms with Gasteiger partial charge in [-0.25, -0.2) is 9.59 Å². The Labute approximate surface area is 406 Å². The molecule has 0 heterocycles. The number of benzene rings is 2. The zero-order chi connectivity index (χ0) is 51.3. The molecule has 0 aliphatic heterocycles. The number of hydrogen-bond acceptors (Lipinski definition) is 11. The summed E-state index contributed by atoms with van der Waals surface area (Å²) in [6.45, 7) is 23.8. The predicted molar refractivity (Wildman–Crippen MR) is 265 cm³/mol. The van der Waals surface area contributed by atoms with Crippen LogP contribution in [0.15, 0.2) is 60.7 Å². The fourth-order valence-corrected chi connectivity index (χ4v) is 7.20. The average Bonchev–Trinajstić information content (AvgIpc) is 3.26. The van der Waals surface area contributed by atoms with Crippen LogP contribution in [0.1, 0.15) is 133 Å². The number of aliphatic hydroxyl groups is 1. The highest BCUT2D eigenvalue weighted by Gasteiger charge is 2.31. The van der Waals surface area contributed by atoms with E-state index in [4.69, 9.17) is 9.47 Å². The molecule has 7 N–H and O–H groups in total. The van der Waals surface area contributed by atoms with Crippen molar-refractivity contribution in [1.82, 2.24) is 31.9 Å². The minimum Gasteiger partial charge on any atom is -0.445 e. The molecule has 0 radical (unpaired) electrons. The second-order valence-corrected chi connectivity index (χ2v) is 20.1. The lowest BCUT2D eigenvalue weighted by atomic mass is 9.99. The Bertz CT molecular complexity index is 1780. The summed E-state index contributed by atoms with van der Waals surface area (Å²) < 4.78 is 10.6. The van der Waals surface area contributed by atoms with Crippen LogP contribution in [-0.4, -0.2) is 90.1 Å². The van der Waals surface area contributed by atoms with Gasteiger partial charge in [-0.2, -0.15) is 0 Å². The van der Waals surface area contributed by atoms with Crippen LogP contribution in [0.3, 0.4) is 0 Å². The quantitative estimate of drug-likeness (QED) is 0.0325. The van der Waals surface area contributed by atoms with E-state index in [0.717, 1.165) is 23.7 Å². The second-order valence-electron chi connectivity index (χ2n) is 20.1. The number of amides is 5. The van der Waals surface area contributed by atoms with Crippen LogP contribution in [0.4, 0.5) is 9.59 Å². The molecule has 2 aromatic rings. The minimum atomic E-state index is -1.18. The van der Waals surface area contributed by atoms with Gasteiger partial charge in [0, 0.05) is 0 Å². The van der Waals surface area contributed by atoms with Gasteiger partial charge < -0.3 is 50.8 Å². The van der Waals surface area contributed by atoms with Crippen LogP contribution >= 0.6 is 0 Å². The maximum Gasteiger partial charge on any atom is 0.408 e. The van der Waals surface area contributed by atoms with Gasteiger partial charge in [-0.05, 0) is 85.2 Å². The first-order chi connectivity index (χ1) is 32.0. The van der Waals surface area contributed by atoms with Gasteiger partial charge in [-0.15, -0.1) is 0 Å². The molecule has 0 spiro atoms. The van der Waals surface area contributed by atoms with E-state index in [1.54, 1.807) is 0 Å². The maximum absolute atomic E-state index is 13.1. The van der Waals surface area contributed by atoms with Gasteiger partial charge >= 0.3 is 12.2 Å². The number of aliphatic hydroxyl groups excluding tert-OH is 1. The number of ether oxygens (including phenoxy) is 2. The first kappa shape index (κ1) is 60.7. The fourth-order valence-electron chi connectivity index (χ4n) is 7.20. The zero-order valence-corrected chi connectivity index (χ0v) is 42.7. The first-order valence-corrected chi connectivity index (χ1v) is 24.2. The van der Waals surface area contributed by atoms with Gasteiger partial charge in [0.1, 0.15) is 44.1 Å². The van der Waals surface area contributed by atoms with Crippen molar-refractivity contribution in [3.8, 4) is 0 Å². The Morgan fingerprint density at radius 1 is 0.456 bits per heavy atom. The fraction of sp³-hybridized carbons (Fsp3) is 0.635. The van der Waals surface area contributed by atoms with Crippen molar-refractivity contribution in [2.24, 2.45) is 35.5 Å². The zero-order valence-electron chi connectivity index (χ0n) is 42.7. The van der Waals surface area contributed by atoms with Crippen molar-refractivity contribution < 1.29 is 48.1 Å².